The molecule has 0 heterocycles. The first-order valence-corrected chi connectivity index (χ1v) is 7.64. The molecule has 21 heavy (non-hydrogen) atoms. The molecule has 2 rings (SSSR count). The van der Waals surface area contributed by atoms with Gasteiger partial charge in [0.2, 0.25) is 0 Å². The molecule has 0 fully saturated rings. The zero-order valence-electron chi connectivity index (χ0n) is 12.7. The highest BCUT2D eigenvalue weighted by Crippen LogP contribution is 2.51. The van der Waals surface area contributed by atoms with Gasteiger partial charge in [-0.2, -0.15) is 0 Å². The minimum absolute atomic E-state index is 0.126. The van der Waals surface area contributed by atoms with Crippen molar-refractivity contribution < 1.29 is 17.6 Å². The van der Waals surface area contributed by atoms with E-state index in [4.69, 9.17) is 0 Å². The van der Waals surface area contributed by atoms with Crippen molar-refractivity contribution in [2.24, 2.45) is 17.8 Å². The summed E-state index contributed by atoms with van der Waals surface area (Å²) in [5.41, 5.74) is -0.470. The van der Waals surface area contributed by atoms with Gasteiger partial charge in [-0.3, -0.25) is 0 Å². The Labute approximate surface area is 123 Å². The Kier molecular flexibility index (Phi) is 4.64. The Bertz CT molecular complexity index is 510. The van der Waals surface area contributed by atoms with Gasteiger partial charge in [-0.05, 0) is 36.3 Å². The van der Waals surface area contributed by atoms with Crippen molar-refractivity contribution in [1.29, 1.82) is 0 Å². The molecule has 0 N–H and O–H groups in total. The van der Waals surface area contributed by atoms with Crippen molar-refractivity contribution in [3.8, 4) is 0 Å². The van der Waals surface area contributed by atoms with Crippen LogP contribution < -0.4 is 0 Å². The Balaban J connectivity index is 2.20. The average Bonchev–Trinajstić information content (AvgIpc) is 2.71. The lowest BCUT2D eigenvalue weighted by atomic mass is 9.83. The van der Waals surface area contributed by atoms with Crippen LogP contribution in [-0.2, 0) is 12.3 Å². The van der Waals surface area contributed by atoms with Gasteiger partial charge in [0.05, 0.1) is 5.56 Å². The molecule has 3 unspecified atom stereocenters. The lowest BCUT2D eigenvalue weighted by molar-refractivity contribution is -0.0759. The van der Waals surface area contributed by atoms with Gasteiger partial charge in [0.25, 0.3) is 5.92 Å². The van der Waals surface area contributed by atoms with Crippen molar-refractivity contribution >= 4 is 0 Å². The minimum atomic E-state index is -3.28. The van der Waals surface area contributed by atoms with Crippen molar-refractivity contribution in [3.63, 3.8) is 0 Å². The van der Waals surface area contributed by atoms with Crippen LogP contribution in [0.5, 0.6) is 0 Å². The summed E-state index contributed by atoms with van der Waals surface area (Å²) in [4.78, 5) is 0. The summed E-state index contributed by atoms with van der Waals surface area (Å²) in [5, 5.41) is 0. The Morgan fingerprint density at radius 2 is 1.86 bits per heavy atom. The fourth-order valence-electron chi connectivity index (χ4n) is 3.18. The van der Waals surface area contributed by atoms with E-state index in [0.29, 0.717) is 12.3 Å². The molecule has 0 nitrogen and oxygen atoms in total. The van der Waals surface area contributed by atoms with Gasteiger partial charge in [-0.25, -0.2) is 17.6 Å². The van der Waals surface area contributed by atoms with Gasteiger partial charge in [0, 0.05) is 5.92 Å². The van der Waals surface area contributed by atoms with E-state index in [9.17, 15) is 17.6 Å². The molecular weight excluding hydrogens is 280 g/mol. The van der Waals surface area contributed by atoms with Crippen LogP contribution in [0.3, 0.4) is 0 Å². The van der Waals surface area contributed by atoms with Crippen LogP contribution in [0.4, 0.5) is 17.6 Å². The van der Waals surface area contributed by atoms with E-state index in [2.05, 4.69) is 13.8 Å². The predicted molar refractivity (Wildman–Crippen MR) is 75.3 cm³/mol. The molecule has 3 atom stereocenters. The van der Waals surface area contributed by atoms with E-state index in [1.807, 2.05) is 0 Å². The SMILES string of the molecule is CCC(C)CCC(C)C1Cc2ccc(F)c(F)c2C1(F)F. The summed E-state index contributed by atoms with van der Waals surface area (Å²) >= 11 is 0. The number of benzene rings is 1. The second kappa shape index (κ2) is 5.98. The first kappa shape index (κ1) is 16.3. The predicted octanol–water partition coefficient (Wildman–Crippen LogP) is 5.69. The highest BCUT2D eigenvalue weighted by Gasteiger charge is 2.52. The van der Waals surface area contributed by atoms with Crippen LogP contribution in [0.25, 0.3) is 0 Å². The molecule has 4 heteroatoms. The number of alkyl halides is 2. The van der Waals surface area contributed by atoms with Gasteiger partial charge in [0.15, 0.2) is 11.6 Å². The van der Waals surface area contributed by atoms with Crippen molar-refractivity contribution in [2.75, 3.05) is 0 Å². The highest BCUT2D eigenvalue weighted by molar-refractivity contribution is 5.39. The number of rotatable bonds is 5. The van der Waals surface area contributed by atoms with E-state index in [-0.39, 0.29) is 17.9 Å². The standard InChI is InChI=1S/C17H22F4/c1-4-10(2)5-6-11(3)13-9-12-7-8-14(18)16(19)15(12)17(13,20)21/h7-8,10-11,13H,4-6,9H2,1-3H3. The molecule has 0 radical (unpaired) electrons. The van der Waals surface area contributed by atoms with E-state index < -0.39 is 29.0 Å². The van der Waals surface area contributed by atoms with E-state index in [1.165, 1.54) is 6.07 Å². The van der Waals surface area contributed by atoms with Crippen LogP contribution in [0.2, 0.25) is 0 Å². The molecule has 118 valence electrons. The number of halogens is 4. The van der Waals surface area contributed by atoms with Crippen LogP contribution in [0, 0.1) is 29.4 Å². The maximum Gasteiger partial charge on any atom is 0.279 e. The third kappa shape index (κ3) is 2.95. The molecule has 0 aliphatic heterocycles. The number of fused-ring (bicyclic) bond motifs is 1. The van der Waals surface area contributed by atoms with Crippen molar-refractivity contribution in [2.45, 2.75) is 52.4 Å². The molecule has 0 spiro atoms. The van der Waals surface area contributed by atoms with Gasteiger partial charge in [-0.1, -0.05) is 39.7 Å². The maximum absolute atomic E-state index is 14.5. The summed E-state index contributed by atoms with van der Waals surface area (Å²) in [5.74, 6) is -6.51. The lowest BCUT2D eigenvalue weighted by Crippen LogP contribution is -2.28. The zero-order chi connectivity index (χ0) is 15.8. The van der Waals surface area contributed by atoms with Crippen LogP contribution in [-0.4, -0.2) is 0 Å². The molecular formula is C17H22F4. The smallest absolute Gasteiger partial charge is 0.204 e. The molecule has 0 amide bonds. The molecule has 0 bridgehead atoms. The third-order valence-electron chi connectivity index (χ3n) is 4.92. The largest absolute Gasteiger partial charge is 0.279 e. The Morgan fingerprint density at radius 3 is 2.48 bits per heavy atom. The molecule has 1 aliphatic rings. The molecule has 0 saturated heterocycles. The van der Waals surface area contributed by atoms with E-state index in [0.717, 1.165) is 18.9 Å². The average molecular weight is 302 g/mol. The zero-order valence-corrected chi connectivity index (χ0v) is 12.7. The summed E-state index contributed by atoms with van der Waals surface area (Å²) in [6.45, 7) is 5.97. The molecule has 1 aliphatic carbocycles. The quantitative estimate of drug-likeness (QED) is 0.613. The fourth-order valence-corrected chi connectivity index (χ4v) is 3.18. The summed E-state index contributed by atoms with van der Waals surface area (Å²) in [6, 6.07) is 2.24. The first-order valence-electron chi connectivity index (χ1n) is 7.64. The summed E-state index contributed by atoms with van der Waals surface area (Å²) in [7, 11) is 0. The second-order valence-electron chi connectivity index (χ2n) is 6.40. The Morgan fingerprint density at radius 1 is 1.19 bits per heavy atom. The van der Waals surface area contributed by atoms with Crippen molar-refractivity contribution in [1.82, 2.24) is 0 Å². The van der Waals surface area contributed by atoms with Crippen LogP contribution >= 0.6 is 0 Å². The first-order chi connectivity index (χ1) is 9.78. The van der Waals surface area contributed by atoms with Gasteiger partial charge in [0.1, 0.15) is 0 Å². The second-order valence-corrected chi connectivity index (χ2v) is 6.40. The lowest BCUT2D eigenvalue weighted by Gasteiger charge is -2.27. The molecule has 0 saturated carbocycles. The fraction of sp³-hybridized carbons (Fsp3) is 0.647. The Hall–Kier alpha value is -1.06. The minimum Gasteiger partial charge on any atom is -0.204 e. The molecule has 1 aromatic carbocycles. The maximum atomic E-state index is 14.5. The van der Waals surface area contributed by atoms with E-state index in [1.54, 1.807) is 6.92 Å². The van der Waals surface area contributed by atoms with Crippen molar-refractivity contribution in [3.05, 3.63) is 34.9 Å². The van der Waals surface area contributed by atoms with Crippen LogP contribution in [0.1, 0.15) is 51.2 Å². The van der Waals surface area contributed by atoms with Gasteiger partial charge >= 0.3 is 0 Å². The van der Waals surface area contributed by atoms with Gasteiger partial charge < -0.3 is 0 Å². The summed E-state index contributed by atoms with van der Waals surface area (Å²) in [6.07, 6.45) is 2.72. The highest BCUT2D eigenvalue weighted by atomic mass is 19.3. The molecule has 1 aromatic rings. The normalized spacial score (nSPS) is 22.9. The van der Waals surface area contributed by atoms with E-state index >= 15 is 0 Å². The summed E-state index contributed by atoms with van der Waals surface area (Å²) < 4.78 is 56.0. The molecule has 0 aromatic heterocycles. The monoisotopic (exact) mass is 302 g/mol. The van der Waals surface area contributed by atoms with Crippen LogP contribution in [0.15, 0.2) is 12.1 Å². The van der Waals surface area contributed by atoms with Gasteiger partial charge in [-0.15, -0.1) is 0 Å². The number of hydrogen-bond donors (Lipinski definition) is 0. The number of hydrogen-bond acceptors (Lipinski definition) is 0. The third-order valence-corrected chi connectivity index (χ3v) is 4.92. The topological polar surface area (TPSA) is 0 Å².